The molecule has 0 aliphatic carbocycles. The number of piperidine rings is 1. The summed E-state index contributed by atoms with van der Waals surface area (Å²) in [5.74, 6) is 0.415. The molecule has 0 N–H and O–H groups in total. The standard InChI is InChI=1S/C16H20N2O5S/c1-11-10-18(12(2)19)15-9-14(3-4-16(15)23-11)24(21,22)17-7-5-13(20)6-8-17/h3-4,9,11H,5-8,10H2,1-2H3. The maximum atomic E-state index is 12.8. The topological polar surface area (TPSA) is 84.0 Å². The van der Waals surface area contributed by atoms with Gasteiger partial charge in [0.05, 0.1) is 17.1 Å². The van der Waals surface area contributed by atoms with Crippen molar-refractivity contribution in [2.45, 2.75) is 37.7 Å². The molecule has 1 saturated heterocycles. The predicted octanol–water partition coefficient (Wildman–Crippen LogP) is 1.17. The van der Waals surface area contributed by atoms with Crippen molar-refractivity contribution in [3.63, 3.8) is 0 Å². The number of Topliss-reactive ketones (excluding diaryl/α,β-unsaturated/α-hetero) is 1. The first-order chi connectivity index (χ1) is 11.3. The third-order valence-electron chi connectivity index (χ3n) is 4.29. The Hall–Kier alpha value is -1.93. The first-order valence-electron chi connectivity index (χ1n) is 7.89. The molecule has 130 valence electrons. The van der Waals surface area contributed by atoms with E-state index in [0.29, 0.717) is 18.0 Å². The van der Waals surface area contributed by atoms with E-state index in [9.17, 15) is 18.0 Å². The van der Waals surface area contributed by atoms with Crippen molar-refractivity contribution in [2.75, 3.05) is 24.5 Å². The van der Waals surface area contributed by atoms with Gasteiger partial charge in [-0.3, -0.25) is 9.59 Å². The van der Waals surface area contributed by atoms with Crippen LogP contribution in [0.3, 0.4) is 0 Å². The fraction of sp³-hybridized carbons (Fsp3) is 0.500. The van der Waals surface area contributed by atoms with Gasteiger partial charge in [-0.2, -0.15) is 4.31 Å². The summed E-state index contributed by atoms with van der Waals surface area (Å²) in [6, 6.07) is 4.55. The zero-order valence-corrected chi connectivity index (χ0v) is 14.5. The zero-order valence-electron chi connectivity index (χ0n) is 13.7. The minimum absolute atomic E-state index is 0.0806. The highest BCUT2D eigenvalue weighted by molar-refractivity contribution is 7.89. The summed E-state index contributed by atoms with van der Waals surface area (Å²) in [5.41, 5.74) is 0.467. The number of benzene rings is 1. The average Bonchev–Trinajstić information content (AvgIpc) is 2.53. The molecule has 0 spiro atoms. The van der Waals surface area contributed by atoms with Gasteiger partial charge in [-0.1, -0.05) is 0 Å². The van der Waals surface area contributed by atoms with E-state index in [4.69, 9.17) is 4.74 Å². The Labute approximate surface area is 141 Å². The summed E-state index contributed by atoms with van der Waals surface area (Å²) in [4.78, 5) is 24.9. The molecule has 2 aliphatic heterocycles. The van der Waals surface area contributed by atoms with E-state index in [2.05, 4.69) is 0 Å². The van der Waals surface area contributed by atoms with Crippen LogP contribution in [-0.4, -0.2) is 50.2 Å². The summed E-state index contributed by atoms with van der Waals surface area (Å²) >= 11 is 0. The van der Waals surface area contributed by atoms with Crippen molar-refractivity contribution in [1.29, 1.82) is 0 Å². The highest BCUT2D eigenvalue weighted by Gasteiger charge is 2.31. The van der Waals surface area contributed by atoms with Gasteiger partial charge in [0, 0.05) is 32.9 Å². The van der Waals surface area contributed by atoms with Crippen LogP contribution < -0.4 is 9.64 Å². The molecule has 1 amide bonds. The molecule has 24 heavy (non-hydrogen) atoms. The van der Waals surface area contributed by atoms with E-state index in [1.54, 1.807) is 6.07 Å². The maximum absolute atomic E-state index is 12.8. The lowest BCUT2D eigenvalue weighted by Crippen LogP contribution is -2.41. The largest absolute Gasteiger partial charge is 0.487 e. The molecule has 2 aliphatic rings. The second-order valence-electron chi connectivity index (χ2n) is 6.13. The lowest BCUT2D eigenvalue weighted by molar-refractivity contribution is -0.120. The molecular formula is C16H20N2O5S. The monoisotopic (exact) mass is 352 g/mol. The number of ketones is 1. The third kappa shape index (κ3) is 3.03. The van der Waals surface area contributed by atoms with Gasteiger partial charge in [0.2, 0.25) is 15.9 Å². The maximum Gasteiger partial charge on any atom is 0.243 e. The molecule has 0 bridgehead atoms. The summed E-state index contributed by atoms with van der Waals surface area (Å²) in [5, 5.41) is 0. The third-order valence-corrected chi connectivity index (χ3v) is 6.18. The van der Waals surface area contributed by atoms with Gasteiger partial charge in [0.25, 0.3) is 0 Å². The number of ether oxygens (including phenoxy) is 1. The van der Waals surface area contributed by atoms with Crippen molar-refractivity contribution < 1.29 is 22.7 Å². The van der Waals surface area contributed by atoms with Crippen LogP contribution in [-0.2, 0) is 19.6 Å². The average molecular weight is 352 g/mol. The number of fused-ring (bicyclic) bond motifs is 1. The van der Waals surface area contributed by atoms with Crippen LogP contribution in [0.1, 0.15) is 26.7 Å². The van der Waals surface area contributed by atoms with Crippen LogP contribution in [0.4, 0.5) is 5.69 Å². The van der Waals surface area contributed by atoms with Crippen LogP contribution in [0.5, 0.6) is 5.75 Å². The van der Waals surface area contributed by atoms with Crippen LogP contribution in [0.25, 0.3) is 0 Å². The highest BCUT2D eigenvalue weighted by atomic mass is 32.2. The van der Waals surface area contributed by atoms with Crippen LogP contribution >= 0.6 is 0 Å². The number of carbonyl (C=O) groups is 2. The minimum atomic E-state index is -3.69. The lowest BCUT2D eigenvalue weighted by atomic mass is 10.1. The second kappa shape index (κ2) is 6.18. The molecule has 2 heterocycles. The summed E-state index contributed by atoms with van der Waals surface area (Å²) in [6.07, 6.45) is 0.325. The number of rotatable bonds is 2. The molecule has 3 rings (SSSR count). The van der Waals surface area contributed by atoms with Crippen LogP contribution in [0.2, 0.25) is 0 Å². The van der Waals surface area contributed by atoms with E-state index in [1.165, 1.54) is 28.3 Å². The minimum Gasteiger partial charge on any atom is -0.487 e. The number of carbonyl (C=O) groups excluding carboxylic acids is 2. The quantitative estimate of drug-likeness (QED) is 0.798. The van der Waals surface area contributed by atoms with Gasteiger partial charge in [-0.25, -0.2) is 8.42 Å². The summed E-state index contributed by atoms with van der Waals surface area (Å²) in [6.45, 7) is 4.07. The Bertz CT molecular complexity index is 780. The Balaban J connectivity index is 1.97. The van der Waals surface area contributed by atoms with Gasteiger partial charge >= 0.3 is 0 Å². The Kier molecular flexibility index (Phi) is 4.35. The second-order valence-corrected chi connectivity index (χ2v) is 8.07. The van der Waals surface area contributed by atoms with Gasteiger partial charge in [-0.15, -0.1) is 0 Å². The molecule has 8 heteroatoms. The van der Waals surface area contributed by atoms with Crippen molar-refractivity contribution in [1.82, 2.24) is 4.31 Å². The lowest BCUT2D eigenvalue weighted by Gasteiger charge is -2.33. The Morgan fingerprint density at radius 1 is 1.25 bits per heavy atom. The van der Waals surface area contributed by atoms with Crippen molar-refractivity contribution in [3.8, 4) is 5.75 Å². The SMILES string of the molecule is CC(=O)N1CC(C)Oc2ccc(S(=O)(=O)N3CCC(=O)CC3)cc21. The number of sulfonamides is 1. The molecule has 0 radical (unpaired) electrons. The molecule has 1 aromatic carbocycles. The van der Waals surface area contributed by atoms with E-state index in [-0.39, 0.29) is 48.6 Å². The number of amides is 1. The van der Waals surface area contributed by atoms with E-state index in [1.807, 2.05) is 6.92 Å². The molecule has 7 nitrogen and oxygen atoms in total. The Morgan fingerprint density at radius 2 is 1.92 bits per heavy atom. The van der Waals surface area contributed by atoms with Gasteiger partial charge in [0.15, 0.2) is 0 Å². The fourth-order valence-electron chi connectivity index (χ4n) is 3.00. The smallest absolute Gasteiger partial charge is 0.243 e. The number of hydrogen-bond acceptors (Lipinski definition) is 5. The summed E-state index contributed by atoms with van der Waals surface area (Å²) in [7, 11) is -3.69. The Morgan fingerprint density at radius 3 is 2.54 bits per heavy atom. The first kappa shape index (κ1) is 16.9. The van der Waals surface area contributed by atoms with Crippen molar-refractivity contribution in [3.05, 3.63) is 18.2 Å². The number of hydrogen-bond donors (Lipinski definition) is 0. The predicted molar refractivity (Wildman–Crippen MR) is 87.6 cm³/mol. The van der Waals surface area contributed by atoms with Crippen LogP contribution in [0.15, 0.2) is 23.1 Å². The van der Waals surface area contributed by atoms with E-state index >= 15 is 0 Å². The number of anilines is 1. The zero-order chi connectivity index (χ0) is 17.5. The molecular weight excluding hydrogens is 332 g/mol. The first-order valence-corrected chi connectivity index (χ1v) is 9.33. The van der Waals surface area contributed by atoms with Crippen LogP contribution in [0, 0.1) is 0 Å². The summed E-state index contributed by atoms with van der Waals surface area (Å²) < 4.78 is 32.6. The molecule has 1 fully saturated rings. The van der Waals surface area contributed by atoms with Gasteiger partial charge in [-0.05, 0) is 25.1 Å². The molecule has 1 unspecified atom stereocenters. The van der Waals surface area contributed by atoms with E-state index < -0.39 is 10.0 Å². The molecule has 0 aromatic heterocycles. The van der Waals surface area contributed by atoms with Gasteiger partial charge < -0.3 is 9.64 Å². The number of nitrogens with zero attached hydrogens (tertiary/aromatic N) is 2. The molecule has 1 atom stereocenters. The highest BCUT2D eigenvalue weighted by Crippen LogP contribution is 2.36. The molecule has 1 aromatic rings. The van der Waals surface area contributed by atoms with Crippen molar-refractivity contribution in [2.24, 2.45) is 0 Å². The van der Waals surface area contributed by atoms with Crippen molar-refractivity contribution >= 4 is 27.4 Å². The van der Waals surface area contributed by atoms with E-state index in [0.717, 1.165) is 0 Å². The normalized spacial score (nSPS) is 22.0. The fourth-order valence-corrected chi connectivity index (χ4v) is 4.46. The molecule has 0 saturated carbocycles. The van der Waals surface area contributed by atoms with Gasteiger partial charge in [0.1, 0.15) is 17.6 Å².